The molecule has 1 aromatic heterocycles. The van der Waals surface area contributed by atoms with Crippen LogP contribution in [0.15, 0.2) is 30.5 Å². The zero-order valence-electron chi connectivity index (χ0n) is 15.8. The van der Waals surface area contributed by atoms with Gasteiger partial charge in [-0.3, -0.25) is 9.59 Å². The monoisotopic (exact) mass is 389 g/mol. The summed E-state index contributed by atoms with van der Waals surface area (Å²) in [5.74, 6) is -0.152. The maximum atomic E-state index is 13.2. The molecule has 1 aliphatic rings. The summed E-state index contributed by atoms with van der Waals surface area (Å²) in [6.45, 7) is 7.29. The highest BCUT2D eigenvalue weighted by atomic mass is 32.1. The van der Waals surface area contributed by atoms with Gasteiger partial charge in [0.25, 0.3) is 5.91 Å². The van der Waals surface area contributed by atoms with Crippen LogP contribution < -0.4 is 0 Å². The fraction of sp³-hybridized carbons (Fsp3) is 0.450. The first-order valence-corrected chi connectivity index (χ1v) is 9.92. The van der Waals surface area contributed by atoms with Crippen molar-refractivity contribution in [3.63, 3.8) is 0 Å². The van der Waals surface area contributed by atoms with Crippen LogP contribution in [-0.4, -0.2) is 45.7 Å². The number of benzene rings is 1. The summed E-state index contributed by atoms with van der Waals surface area (Å²) >= 11 is 1.38. The van der Waals surface area contributed by atoms with Gasteiger partial charge in [0.2, 0.25) is 5.91 Å². The van der Waals surface area contributed by atoms with Crippen molar-refractivity contribution in [3.8, 4) is 0 Å². The molecule has 1 aliphatic heterocycles. The van der Waals surface area contributed by atoms with E-state index in [4.69, 9.17) is 0 Å². The number of halogens is 1. The predicted octanol–water partition coefficient (Wildman–Crippen LogP) is 3.49. The van der Waals surface area contributed by atoms with Crippen molar-refractivity contribution in [3.05, 3.63) is 51.7 Å². The number of aromatic nitrogens is 1. The van der Waals surface area contributed by atoms with E-state index in [1.807, 2.05) is 11.8 Å². The summed E-state index contributed by atoms with van der Waals surface area (Å²) in [4.78, 5) is 34.1. The lowest BCUT2D eigenvalue weighted by Gasteiger charge is -2.34. The molecule has 1 aromatic carbocycles. The van der Waals surface area contributed by atoms with Crippen LogP contribution in [-0.2, 0) is 11.3 Å². The van der Waals surface area contributed by atoms with Crippen molar-refractivity contribution < 1.29 is 14.0 Å². The molecule has 2 amide bonds. The first-order chi connectivity index (χ1) is 12.8. The number of aryl methyl sites for hydroxylation is 1. The number of amides is 2. The molecule has 2 aromatic rings. The third-order valence-corrected chi connectivity index (χ3v) is 5.78. The minimum atomic E-state index is -0.294. The predicted molar refractivity (Wildman–Crippen MR) is 103 cm³/mol. The standard InChI is InChI=1S/C20H24FN3O2S/c1-13(2)17-12-23(20(26)18-10-22-14(3)27-18)9-8-19(25)24(17)11-15-4-6-16(21)7-5-15/h4-7,10,13,17H,8-9,11-12H2,1-3H3/t17-/m1/s1. The van der Waals surface area contributed by atoms with Gasteiger partial charge in [0.05, 0.1) is 17.2 Å². The highest BCUT2D eigenvalue weighted by Crippen LogP contribution is 2.23. The molecule has 3 rings (SSSR count). The summed E-state index contributed by atoms with van der Waals surface area (Å²) in [7, 11) is 0. The van der Waals surface area contributed by atoms with E-state index < -0.39 is 0 Å². The van der Waals surface area contributed by atoms with Crippen molar-refractivity contribution >= 4 is 23.2 Å². The van der Waals surface area contributed by atoms with Crippen molar-refractivity contribution in [1.82, 2.24) is 14.8 Å². The largest absolute Gasteiger partial charge is 0.335 e. The second-order valence-electron chi connectivity index (χ2n) is 7.20. The molecule has 27 heavy (non-hydrogen) atoms. The Morgan fingerprint density at radius 1 is 1.33 bits per heavy atom. The van der Waals surface area contributed by atoms with E-state index in [0.29, 0.717) is 24.5 Å². The molecule has 2 heterocycles. The summed E-state index contributed by atoms with van der Waals surface area (Å²) < 4.78 is 13.2. The number of carbonyl (C=O) groups excluding carboxylic acids is 2. The Bertz CT molecular complexity index is 819. The highest BCUT2D eigenvalue weighted by molar-refractivity contribution is 7.13. The average Bonchev–Trinajstić information content (AvgIpc) is 3.00. The Kier molecular flexibility index (Phi) is 5.89. The van der Waals surface area contributed by atoms with Gasteiger partial charge >= 0.3 is 0 Å². The molecular weight excluding hydrogens is 365 g/mol. The van der Waals surface area contributed by atoms with E-state index in [1.54, 1.807) is 23.2 Å². The van der Waals surface area contributed by atoms with Crippen LogP contribution in [0.5, 0.6) is 0 Å². The van der Waals surface area contributed by atoms with Crippen LogP contribution in [0.3, 0.4) is 0 Å². The van der Waals surface area contributed by atoms with Gasteiger partial charge in [0.1, 0.15) is 10.7 Å². The maximum absolute atomic E-state index is 13.2. The molecule has 0 radical (unpaired) electrons. The molecule has 0 bridgehead atoms. The van der Waals surface area contributed by atoms with Crippen molar-refractivity contribution in [1.29, 1.82) is 0 Å². The van der Waals surface area contributed by atoms with Gasteiger partial charge < -0.3 is 9.80 Å². The number of carbonyl (C=O) groups is 2. The van der Waals surface area contributed by atoms with Crippen molar-refractivity contribution in [2.45, 2.75) is 39.8 Å². The summed E-state index contributed by atoms with van der Waals surface area (Å²) in [5.41, 5.74) is 0.883. The molecule has 0 saturated carbocycles. The zero-order valence-corrected chi connectivity index (χ0v) is 16.6. The molecule has 0 unspecified atom stereocenters. The molecule has 1 saturated heterocycles. The van der Waals surface area contributed by atoms with Gasteiger partial charge in [-0.15, -0.1) is 11.3 Å². The van der Waals surface area contributed by atoms with Gasteiger partial charge in [-0.1, -0.05) is 26.0 Å². The number of hydrogen-bond donors (Lipinski definition) is 0. The number of rotatable bonds is 4. The van der Waals surface area contributed by atoms with Gasteiger partial charge in [0.15, 0.2) is 0 Å². The van der Waals surface area contributed by atoms with Gasteiger partial charge in [-0.25, -0.2) is 9.37 Å². The lowest BCUT2D eigenvalue weighted by Crippen LogP contribution is -2.47. The summed E-state index contributed by atoms with van der Waals surface area (Å²) in [6, 6.07) is 6.12. The lowest BCUT2D eigenvalue weighted by atomic mass is 10.0. The number of thiazole rings is 1. The average molecular weight is 389 g/mol. The molecule has 144 valence electrons. The molecule has 7 heteroatoms. The van der Waals surface area contributed by atoms with Crippen molar-refractivity contribution in [2.24, 2.45) is 5.92 Å². The zero-order chi connectivity index (χ0) is 19.6. The normalized spacial score (nSPS) is 18.1. The first kappa shape index (κ1) is 19.5. The van der Waals surface area contributed by atoms with Crippen LogP contribution in [0.2, 0.25) is 0 Å². The molecule has 0 N–H and O–H groups in total. The van der Waals surface area contributed by atoms with Gasteiger partial charge in [-0.2, -0.15) is 0 Å². The second-order valence-corrected chi connectivity index (χ2v) is 8.44. The van der Waals surface area contributed by atoms with E-state index in [2.05, 4.69) is 18.8 Å². The Labute approximate surface area is 162 Å². The Balaban J connectivity index is 1.81. The number of hydrogen-bond acceptors (Lipinski definition) is 4. The molecule has 0 spiro atoms. The smallest absolute Gasteiger partial charge is 0.265 e. The van der Waals surface area contributed by atoms with Crippen LogP contribution >= 0.6 is 11.3 Å². The van der Waals surface area contributed by atoms with E-state index >= 15 is 0 Å². The van der Waals surface area contributed by atoms with E-state index in [9.17, 15) is 14.0 Å². The third-order valence-electron chi connectivity index (χ3n) is 4.88. The molecule has 5 nitrogen and oxygen atoms in total. The van der Waals surface area contributed by atoms with Crippen LogP contribution in [0.25, 0.3) is 0 Å². The summed E-state index contributed by atoms with van der Waals surface area (Å²) in [6.07, 6.45) is 1.89. The fourth-order valence-electron chi connectivity index (χ4n) is 3.34. The van der Waals surface area contributed by atoms with Crippen LogP contribution in [0, 0.1) is 18.7 Å². The Hall–Kier alpha value is -2.28. The Morgan fingerprint density at radius 2 is 2.04 bits per heavy atom. The molecular formula is C20H24FN3O2S. The van der Waals surface area contributed by atoms with Crippen molar-refractivity contribution in [2.75, 3.05) is 13.1 Å². The lowest BCUT2D eigenvalue weighted by molar-refractivity contribution is -0.134. The first-order valence-electron chi connectivity index (χ1n) is 9.10. The van der Waals surface area contributed by atoms with Crippen LogP contribution in [0.1, 0.15) is 40.5 Å². The van der Waals surface area contributed by atoms with Gasteiger partial charge in [0, 0.05) is 26.1 Å². The topological polar surface area (TPSA) is 53.5 Å². The summed E-state index contributed by atoms with van der Waals surface area (Å²) in [5, 5.41) is 0.850. The van der Waals surface area contributed by atoms with E-state index in [1.165, 1.54) is 23.5 Å². The second kappa shape index (κ2) is 8.17. The molecule has 0 aliphatic carbocycles. The fourth-order valence-corrected chi connectivity index (χ4v) is 4.08. The van der Waals surface area contributed by atoms with E-state index in [0.717, 1.165) is 10.6 Å². The minimum Gasteiger partial charge on any atom is -0.335 e. The molecule has 1 fully saturated rings. The third kappa shape index (κ3) is 4.53. The number of nitrogens with zero attached hydrogens (tertiary/aromatic N) is 3. The maximum Gasteiger partial charge on any atom is 0.265 e. The van der Waals surface area contributed by atoms with Gasteiger partial charge in [-0.05, 0) is 30.5 Å². The molecule has 1 atom stereocenters. The van der Waals surface area contributed by atoms with E-state index in [-0.39, 0.29) is 36.0 Å². The Morgan fingerprint density at radius 3 is 2.63 bits per heavy atom. The quantitative estimate of drug-likeness (QED) is 0.804. The SMILES string of the molecule is Cc1ncc(C(=O)N2CCC(=O)N(Cc3ccc(F)cc3)[C@@H](C(C)C)C2)s1. The minimum absolute atomic E-state index is 0.0220. The highest BCUT2D eigenvalue weighted by Gasteiger charge is 2.34. The van der Waals surface area contributed by atoms with Crippen LogP contribution in [0.4, 0.5) is 4.39 Å².